The molecule has 0 saturated heterocycles. The van der Waals surface area contributed by atoms with Crippen molar-refractivity contribution in [2.45, 2.75) is 6.42 Å². The molecule has 0 spiro atoms. The molecule has 1 N–H and O–H groups in total. The Morgan fingerprint density at radius 2 is 1.91 bits per heavy atom. The van der Waals surface area contributed by atoms with Crippen LogP contribution in [-0.4, -0.2) is 25.7 Å². The molecule has 0 atom stereocenters. The average molecular weight is 318 g/mol. The molecule has 0 unspecified atom stereocenters. The summed E-state index contributed by atoms with van der Waals surface area (Å²) in [6.07, 6.45) is 0.676. The Balaban J connectivity index is 1.60. The lowest BCUT2D eigenvalue weighted by molar-refractivity contribution is 0.0954. The number of hydrogen-bond donors (Lipinski definition) is 1. The molecule has 2 aromatic carbocycles. The number of benzene rings is 2. The van der Waals surface area contributed by atoms with Crippen molar-refractivity contribution in [1.29, 1.82) is 0 Å². The van der Waals surface area contributed by atoms with Crippen LogP contribution in [0.5, 0.6) is 11.5 Å². The maximum atomic E-state index is 12.0. The summed E-state index contributed by atoms with van der Waals surface area (Å²) >= 11 is 6.19. The van der Waals surface area contributed by atoms with Gasteiger partial charge in [0, 0.05) is 12.1 Å². The summed E-state index contributed by atoms with van der Waals surface area (Å²) in [5.41, 5.74) is 1.66. The fourth-order valence-electron chi connectivity index (χ4n) is 2.32. The van der Waals surface area contributed by atoms with E-state index in [1.165, 1.54) is 0 Å². The van der Waals surface area contributed by atoms with Crippen molar-refractivity contribution in [2.75, 3.05) is 19.8 Å². The first kappa shape index (κ1) is 14.7. The summed E-state index contributed by atoms with van der Waals surface area (Å²) in [7, 11) is 0. The second-order valence-corrected chi connectivity index (χ2v) is 5.38. The highest BCUT2D eigenvalue weighted by Gasteiger charge is 2.16. The van der Waals surface area contributed by atoms with Crippen molar-refractivity contribution in [2.24, 2.45) is 0 Å². The first-order valence-corrected chi connectivity index (χ1v) is 7.53. The molecule has 1 aliphatic rings. The fraction of sp³-hybridized carbons (Fsp3) is 0.235. The van der Waals surface area contributed by atoms with Crippen LogP contribution >= 0.6 is 11.6 Å². The molecule has 0 aromatic heterocycles. The zero-order valence-electron chi connectivity index (χ0n) is 12.0. The highest BCUT2D eigenvalue weighted by molar-refractivity contribution is 6.32. The molecule has 4 nitrogen and oxygen atoms in total. The van der Waals surface area contributed by atoms with Crippen LogP contribution in [0.1, 0.15) is 15.9 Å². The van der Waals surface area contributed by atoms with Gasteiger partial charge in [0.2, 0.25) is 0 Å². The Labute approximate surface area is 134 Å². The van der Waals surface area contributed by atoms with Gasteiger partial charge in [-0.25, -0.2) is 0 Å². The van der Waals surface area contributed by atoms with Crippen LogP contribution in [0, 0.1) is 0 Å². The van der Waals surface area contributed by atoms with E-state index in [4.69, 9.17) is 21.1 Å². The van der Waals surface area contributed by atoms with E-state index in [0.29, 0.717) is 48.3 Å². The average Bonchev–Trinajstić information content (AvgIpc) is 2.56. The number of carbonyl (C=O) groups is 1. The van der Waals surface area contributed by atoms with Gasteiger partial charge in [-0.15, -0.1) is 0 Å². The van der Waals surface area contributed by atoms with Gasteiger partial charge in [-0.2, -0.15) is 0 Å². The summed E-state index contributed by atoms with van der Waals surface area (Å²) in [4.78, 5) is 12.0. The van der Waals surface area contributed by atoms with Crippen LogP contribution in [0.2, 0.25) is 5.02 Å². The quantitative estimate of drug-likeness (QED) is 0.942. The molecule has 1 heterocycles. The van der Waals surface area contributed by atoms with E-state index in [0.717, 1.165) is 5.56 Å². The molecule has 22 heavy (non-hydrogen) atoms. The summed E-state index contributed by atoms with van der Waals surface area (Å²) in [5.74, 6) is 1.19. The third-order valence-electron chi connectivity index (χ3n) is 3.39. The standard InChI is InChI=1S/C17H16ClNO3/c18-14-10-12(11-15-16(14)22-9-8-21-15)6-7-19-17(20)13-4-2-1-3-5-13/h1-5,10-11H,6-9H2,(H,19,20). The van der Waals surface area contributed by atoms with E-state index < -0.39 is 0 Å². The highest BCUT2D eigenvalue weighted by Crippen LogP contribution is 2.38. The number of nitrogens with one attached hydrogen (secondary N) is 1. The molecule has 3 rings (SSSR count). The van der Waals surface area contributed by atoms with E-state index in [-0.39, 0.29) is 5.91 Å². The van der Waals surface area contributed by atoms with Crippen molar-refractivity contribution < 1.29 is 14.3 Å². The second-order valence-electron chi connectivity index (χ2n) is 4.97. The van der Waals surface area contributed by atoms with Crippen LogP contribution < -0.4 is 14.8 Å². The van der Waals surface area contributed by atoms with E-state index >= 15 is 0 Å². The van der Waals surface area contributed by atoms with Crippen molar-refractivity contribution >= 4 is 17.5 Å². The van der Waals surface area contributed by atoms with Gasteiger partial charge in [0.25, 0.3) is 5.91 Å². The number of halogens is 1. The van der Waals surface area contributed by atoms with Gasteiger partial charge in [0.15, 0.2) is 11.5 Å². The lowest BCUT2D eigenvalue weighted by Gasteiger charge is -2.20. The van der Waals surface area contributed by atoms with Crippen LogP contribution in [0.25, 0.3) is 0 Å². The van der Waals surface area contributed by atoms with Crippen LogP contribution in [0.4, 0.5) is 0 Å². The Kier molecular flexibility index (Phi) is 4.49. The molecule has 0 radical (unpaired) electrons. The minimum absolute atomic E-state index is 0.0794. The second kappa shape index (κ2) is 6.71. The number of hydrogen-bond acceptors (Lipinski definition) is 3. The first-order chi connectivity index (χ1) is 10.7. The predicted octanol–water partition coefficient (Wildman–Crippen LogP) is 3.08. The Morgan fingerprint density at radius 1 is 1.14 bits per heavy atom. The zero-order chi connectivity index (χ0) is 15.4. The van der Waals surface area contributed by atoms with Crippen molar-refractivity contribution in [3.63, 3.8) is 0 Å². The van der Waals surface area contributed by atoms with Crippen molar-refractivity contribution in [1.82, 2.24) is 5.32 Å². The van der Waals surface area contributed by atoms with Gasteiger partial charge < -0.3 is 14.8 Å². The summed E-state index contributed by atoms with van der Waals surface area (Å²) < 4.78 is 11.0. The molecule has 1 aliphatic heterocycles. The monoisotopic (exact) mass is 317 g/mol. The Bertz CT molecular complexity index is 673. The van der Waals surface area contributed by atoms with E-state index in [2.05, 4.69) is 5.32 Å². The molecule has 5 heteroatoms. The molecule has 0 aliphatic carbocycles. The molecule has 0 fully saturated rings. The van der Waals surface area contributed by atoms with Crippen molar-refractivity contribution in [3.8, 4) is 11.5 Å². The number of carbonyl (C=O) groups excluding carboxylic acids is 1. The molecule has 0 saturated carbocycles. The number of amides is 1. The van der Waals surface area contributed by atoms with Crippen LogP contribution in [0.3, 0.4) is 0 Å². The summed E-state index contributed by atoms with van der Waals surface area (Å²) in [5, 5.41) is 3.44. The maximum Gasteiger partial charge on any atom is 0.251 e. The van der Waals surface area contributed by atoms with Gasteiger partial charge in [0.05, 0.1) is 5.02 Å². The molecular formula is C17H16ClNO3. The predicted molar refractivity (Wildman–Crippen MR) is 84.9 cm³/mol. The fourth-order valence-corrected chi connectivity index (χ4v) is 2.61. The van der Waals surface area contributed by atoms with E-state index in [1.807, 2.05) is 30.3 Å². The minimum atomic E-state index is -0.0794. The minimum Gasteiger partial charge on any atom is -0.486 e. The van der Waals surface area contributed by atoms with Gasteiger partial charge in [0.1, 0.15) is 13.2 Å². The topological polar surface area (TPSA) is 47.6 Å². The molecular weight excluding hydrogens is 302 g/mol. The van der Waals surface area contributed by atoms with Gasteiger partial charge in [-0.3, -0.25) is 4.79 Å². The maximum absolute atomic E-state index is 12.0. The van der Waals surface area contributed by atoms with Gasteiger partial charge >= 0.3 is 0 Å². The van der Waals surface area contributed by atoms with Crippen molar-refractivity contribution in [3.05, 3.63) is 58.6 Å². The number of rotatable bonds is 4. The third kappa shape index (κ3) is 3.34. The smallest absolute Gasteiger partial charge is 0.251 e. The first-order valence-electron chi connectivity index (χ1n) is 7.15. The normalized spacial score (nSPS) is 12.8. The zero-order valence-corrected chi connectivity index (χ0v) is 12.7. The van der Waals surface area contributed by atoms with Gasteiger partial charge in [-0.1, -0.05) is 29.8 Å². The lowest BCUT2D eigenvalue weighted by atomic mass is 10.1. The van der Waals surface area contributed by atoms with Crippen LogP contribution in [-0.2, 0) is 6.42 Å². The van der Waals surface area contributed by atoms with E-state index in [1.54, 1.807) is 12.1 Å². The Morgan fingerprint density at radius 3 is 2.73 bits per heavy atom. The summed E-state index contributed by atoms with van der Waals surface area (Å²) in [6, 6.07) is 12.9. The largest absolute Gasteiger partial charge is 0.486 e. The number of ether oxygens (including phenoxy) is 2. The third-order valence-corrected chi connectivity index (χ3v) is 3.67. The molecule has 2 aromatic rings. The Hall–Kier alpha value is -2.20. The number of fused-ring (bicyclic) bond motifs is 1. The molecule has 0 bridgehead atoms. The summed E-state index contributed by atoms with van der Waals surface area (Å²) in [6.45, 7) is 1.57. The van der Waals surface area contributed by atoms with Gasteiger partial charge in [-0.05, 0) is 36.2 Å². The molecule has 1 amide bonds. The van der Waals surface area contributed by atoms with Crippen LogP contribution in [0.15, 0.2) is 42.5 Å². The van der Waals surface area contributed by atoms with E-state index in [9.17, 15) is 4.79 Å². The highest BCUT2D eigenvalue weighted by atomic mass is 35.5. The molecule has 114 valence electrons. The SMILES string of the molecule is O=C(NCCc1cc(Cl)c2c(c1)OCCO2)c1ccccc1. The lowest BCUT2D eigenvalue weighted by Crippen LogP contribution is -2.25.